The third kappa shape index (κ3) is 3.85. The van der Waals surface area contributed by atoms with Gasteiger partial charge < -0.3 is 10.3 Å². The summed E-state index contributed by atoms with van der Waals surface area (Å²) >= 11 is 3.35. The van der Waals surface area contributed by atoms with Crippen LogP contribution in [0.2, 0.25) is 0 Å². The first-order valence-corrected chi connectivity index (χ1v) is 7.61. The maximum atomic E-state index is 12.2. The predicted molar refractivity (Wildman–Crippen MR) is 81.2 cm³/mol. The number of aromatic nitrogens is 1. The number of hydrogen-bond acceptors (Lipinski definition) is 1. The summed E-state index contributed by atoms with van der Waals surface area (Å²) in [5.74, 6) is -0.01000. The van der Waals surface area contributed by atoms with Gasteiger partial charge in [-0.15, -0.1) is 0 Å². The number of carbonyl (C=O) groups excluding carboxylic acids is 1. The number of amides is 1. The van der Waals surface area contributed by atoms with E-state index < -0.39 is 0 Å². The van der Waals surface area contributed by atoms with Crippen molar-refractivity contribution < 1.29 is 4.79 Å². The molecule has 1 aromatic rings. The molecule has 1 amide bonds. The van der Waals surface area contributed by atoms with Crippen molar-refractivity contribution >= 4 is 21.8 Å². The normalized spacial score (nSPS) is 22.2. The van der Waals surface area contributed by atoms with Crippen LogP contribution in [0.5, 0.6) is 0 Å². The molecule has 0 spiro atoms. The molecule has 2 N–H and O–H groups in total. The van der Waals surface area contributed by atoms with Crippen LogP contribution in [-0.4, -0.2) is 16.9 Å². The van der Waals surface area contributed by atoms with Crippen LogP contribution in [0.15, 0.2) is 16.7 Å². The molecule has 0 radical (unpaired) electrons. The summed E-state index contributed by atoms with van der Waals surface area (Å²) in [4.78, 5) is 15.2. The summed E-state index contributed by atoms with van der Waals surface area (Å²) in [5, 5.41) is 3.17. The third-order valence-electron chi connectivity index (χ3n) is 3.78. The fraction of sp³-hybridized carbons (Fsp3) is 0.667. The Morgan fingerprint density at radius 3 is 2.37 bits per heavy atom. The van der Waals surface area contributed by atoms with Crippen LogP contribution in [0.4, 0.5) is 0 Å². The van der Waals surface area contributed by atoms with E-state index in [4.69, 9.17) is 0 Å². The van der Waals surface area contributed by atoms with Crippen LogP contribution in [-0.2, 0) is 0 Å². The van der Waals surface area contributed by atoms with E-state index >= 15 is 0 Å². The van der Waals surface area contributed by atoms with E-state index in [1.54, 1.807) is 6.20 Å². The van der Waals surface area contributed by atoms with Crippen molar-refractivity contribution in [2.75, 3.05) is 0 Å². The maximum absolute atomic E-state index is 12.2. The van der Waals surface area contributed by atoms with Gasteiger partial charge in [0.2, 0.25) is 0 Å². The summed E-state index contributed by atoms with van der Waals surface area (Å²) in [6.45, 7) is 9.16. The molecule has 1 aliphatic rings. The van der Waals surface area contributed by atoms with Gasteiger partial charge in [0.15, 0.2) is 0 Å². The molecule has 1 saturated carbocycles. The van der Waals surface area contributed by atoms with E-state index in [1.807, 2.05) is 6.07 Å². The van der Waals surface area contributed by atoms with Gasteiger partial charge in [0.1, 0.15) is 5.69 Å². The van der Waals surface area contributed by atoms with E-state index in [1.165, 1.54) is 6.42 Å². The summed E-state index contributed by atoms with van der Waals surface area (Å²) in [7, 11) is 0. The highest BCUT2D eigenvalue weighted by Crippen LogP contribution is 2.45. The first-order chi connectivity index (χ1) is 8.67. The Kier molecular flexibility index (Phi) is 3.83. The molecule has 1 aromatic heterocycles. The van der Waals surface area contributed by atoms with Crippen molar-refractivity contribution in [3.8, 4) is 0 Å². The van der Waals surface area contributed by atoms with Gasteiger partial charge >= 0.3 is 0 Å². The highest BCUT2D eigenvalue weighted by atomic mass is 79.9. The van der Waals surface area contributed by atoms with Crippen molar-refractivity contribution in [3.05, 3.63) is 22.4 Å². The number of halogens is 1. The number of carbonyl (C=O) groups is 1. The molecule has 1 aliphatic carbocycles. The molecule has 0 bridgehead atoms. The monoisotopic (exact) mass is 326 g/mol. The smallest absolute Gasteiger partial charge is 0.267 e. The van der Waals surface area contributed by atoms with Gasteiger partial charge in [0.05, 0.1) is 0 Å². The average Bonchev–Trinajstić information content (AvgIpc) is 2.59. The molecule has 0 aliphatic heterocycles. The molecule has 2 rings (SSSR count). The highest BCUT2D eigenvalue weighted by molar-refractivity contribution is 9.10. The van der Waals surface area contributed by atoms with Gasteiger partial charge in [-0.3, -0.25) is 4.79 Å². The van der Waals surface area contributed by atoms with Crippen LogP contribution in [0.1, 0.15) is 57.4 Å². The Labute approximate surface area is 123 Å². The largest absolute Gasteiger partial charge is 0.356 e. The Morgan fingerprint density at radius 1 is 1.32 bits per heavy atom. The molecule has 106 valence electrons. The first-order valence-electron chi connectivity index (χ1n) is 6.82. The molecule has 1 heterocycles. The number of aromatic amines is 1. The van der Waals surface area contributed by atoms with E-state index in [9.17, 15) is 4.79 Å². The quantitative estimate of drug-likeness (QED) is 0.843. The Morgan fingerprint density at radius 2 is 1.89 bits per heavy atom. The van der Waals surface area contributed by atoms with Crippen molar-refractivity contribution in [2.24, 2.45) is 10.8 Å². The lowest BCUT2D eigenvalue weighted by Crippen LogP contribution is -2.46. The standard InChI is InChI=1S/C15H23BrN2O/c1-14(2)6-11(7-15(3,4)9-14)18-13(19)12-5-10(16)8-17-12/h5,8,11,17H,6-7,9H2,1-4H3,(H,18,19). The first kappa shape index (κ1) is 14.6. The Balaban J connectivity index is 2.04. The summed E-state index contributed by atoms with van der Waals surface area (Å²) in [6.07, 6.45) is 5.08. The fourth-order valence-electron chi connectivity index (χ4n) is 3.71. The molecular weight excluding hydrogens is 304 g/mol. The van der Waals surface area contributed by atoms with E-state index in [0.29, 0.717) is 5.69 Å². The Hall–Kier alpha value is -0.770. The molecule has 3 nitrogen and oxygen atoms in total. The lowest BCUT2D eigenvalue weighted by atomic mass is 9.63. The molecule has 0 aromatic carbocycles. The van der Waals surface area contributed by atoms with Gasteiger partial charge in [-0.05, 0) is 52.1 Å². The minimum atomic E-state index is -0.01000. The minimum absolute atomic E-state index is 0.01000. The molecule has 4 heteroatoms. The number of H-pyrrole nitrogens is 1. The van der Waals surface area contributed by atoms with E-state index in [-0.39, 0.29) is 22.8 Å². The molecule has 0 saturated heterocycles. The number of rotatable bonds is 2. The van der Waals surface area contributed by atoms with E-state index in [0.717, 1.165) is 17.3 Å². The number of nitrogens with one attached hydrogen (secondary N) is 2. The average molecular weight is 327 g/mol. The van der Waals surface area contributed by atoms with Crippen LogP contribution < -0.4 is 5.32 Å². The maximum Gasteiger partial charge on any atom is 0.267 e. The zero-order valence-electron chi connectivity index (χ0n) is 12.1. The molecule has 19 heavy (non-hydrogen) atoms. The minimum Gasteiger partial charge on any atom is -0.356 e. The van der Waals surface area contributed by atoms with Gasteiger partial charge in [-0.25, -0.2) is 0 Å². The van der Waals surface area contributed by atoms with Crippen LogP contribution in [0.3, 0.4) is 0 Å². The van der Waals surface area contributed by atoms with Gasteiger partial charge in [-0.1, -0.05) is 27.7 Å². The summed E-state index contributed by atoms with van der Waals surface area (Å²) in [5.41, 5.74) is 1.19. The van der Waals surface area contributed by atoms with Crippen LogP contribution in [0, 0.1) is 10.8 Å². The van der Waals surface area contributed by atoms with E-state index in [2.05, 4.69) is 53.9 Å². The zero-order chi connectivity index (χ0) is 14.3. The second kappa shape index (κ2) is 4.97. The van der Waals surface area contributed by atoms with Crippen molar-refractivity contribution in [2.45, 2.75) is 53.0 Å². The summed E-state index contributed by atoms with van der Waals surface area (Å²) < 4.78 is 0.905. The van der Waals surface area contributed by atoms with Crippen LogP contribution >= 0.6 is 15.9 Å². The van der Waals surface area contributed by atoms with Gasteiger partial charge in [0, 0.05) is 16.7 Å². The number of hydrogen-bond donors (Lipinski definition) is 2. The second-order valence-electron chi connectivity index (χ2n) is 7.32. The van der Waals surface area contributed by atoms with Crippen molar-refractivity contribution in [3.63, 3.8) is 0 Å². The molecule has 0 unspecified atom stereocenters. The van der Waals surface area contributed by atoms with Gasteiger partial charge in [0.25, 0.3) is 5.91 Å². The SMILES string of the molecule is CC1(C)CC(NC(=O)c2cc(Br)c[nH]2)CC(C)(C)C1. The summed E-state index contributed by atoms with van der Waals surface area (Å²) in [6, 6.07) is 2.07. The Bertz CT molecular complexity index is 460. The van der Waals surface area contributed by atoms with Crippen molar-refractivity contribution in [1.29, 1.82) is 0 Å². The fourth-order valence-corrected chi connectivity index (χ4v) is 4.05. The lowest BCUT2D eigenvalue weighted by molar-refractivity contribution is 0.0711. The highest BCUT2D eigenvalue weighted by Gasteiger charge is 2.38. The zero-order valence-corrected chi connectivity index (χ0v) is 13.7. The van der Waals surface area contributed by atoms with Crippen LogP contribution in [0.25, 0.3) is 0 Å². The molecule has 0 atom stereocenters. The van der Waals surface area contributed by atoms with Gasteiger partial charge in [-0.2, -0.15) is 0 Å². The predicted octanol–water partition coefficient (Wildman–Crippen LogP) is 4.11. The lowest BCUT2D eigenvalue weighted by Gasteiger charge is -2.45. The molecule has 1 fully saturated rings. The topological polar surface area (TPSA) is 44.9 Å². The third-order valence-corrected chi connectivity index (χ3v) is 4.24. The molecular formula is C15H23BrN2O. The van der Waals surface area contributed by atoms with Crippen molar-refractivity contribution in [1.82, 2.24) is 10.3 Å². The second-order valence-corrected chi connectivity index (χ2v) is 8.23.